The number of rotatable bonds is 3. The predicted molar refractivity (Wildman–Crippen MR) is 83.5 cm³/mol. The first-order valence-corrected chi connectivity index (χ1v) is 7.13. The normalized spacial score (nSPS) is 11.9. The summed E-state index contributed by atoms with van der Waals surface area (Å²) in [5.41, 5.74) is 0.978. The summed E-state index contributed by atoms with van der Waals surface area (Å²) in [6.07, 6.45) is 0. The first-order valence-electron chi connectivity index (χ1n) is 5.53. The molecule has 18 heavy (non-hydrogen) atoms. The first kappa shape index (κ1) is 13.3. The number of para-hydroxylation sites is 1. The maximum Gasteiger partial charge on any atom is 0.171 e. The van der Waals surface area contributed by atoms with Gasteiger partial charge in [-0.1, -0.05) is 29.8 Å². The third-order valence-electron chi connectivity index (χ3n) is 2.40. The second-order valence-corrected chi connectivity index (χ2v) is 5.98. The Balaban J connectivity index is 1.92. The molecular weight excluding hydrogens is 284 g/mol. The maximum absolute atomic E-state index is 5.91. The van der Waals surface area contributed by atoms with E-state index in [0.717, 1.165) is 14.9 Å². The van der Waals surface area contributed by atoms with Crippen LogP contribution in [0.25, 0.3) is 0 Å². The van der Waals surface area contributed by atoms with Crippen molar-refractivity contribution in [1.29, 1.82) is 0 Å². The van der Waals surface area contributed by atoms with E-state index >= 15 is 0 Å². The molecule has 0 radical (unpaired) electrons. The van der Waals surface area contributed by atoms with Gasteiger partial charge in [0, 0.05) is 10.6 Å². The smallest absolute Gasteiger partial charge is 0.171 e. The average molecular weight is 297 g/mol. The van der Waals surface area contributed by atoms with Crippen molar-refractivity contribution < 1.29 is 0 Å². The fourth-order valence-corrected chi connectivity index (χ4v) is 2.88. The molecule has 0 saturated carbocycles. The standard InChI is InChI=1S/C13H13ClN2S2/c1-9(11-7-8-12(14)18-11)15-13(17)16-10-5-3-2-4-6-10/h2-9H,1H3,(H2,15,16,17). The minimum atomic E-state index is 0.145. The van der Waals surface area contributed by atoms with E-state index in [0.29, 0.717) is 5.11 Å². The van der Waals surface area contributed by atoms with Crippen molar-refractivity contribution in [1.82, 2.24) is 5.32 Å². The van der Waals surface area contributed by atoms with Crippen LogP contribution in [0.2, 0.25) is 4.34 Å². The van der Waals surface area contributed by atoms with E-state index in [1.807, 2.05) is 42.5 Å². The molecule has 0 bridgehead atoms. The van der Waals surface area contributed by atoms with Crippen LogP contribution in [0.15, 0.2) is 42.5 Å². The number of benzene rings is 1. The van der Waals surface area contributed by atoms with Gasteiger partial charge in [-0.15, -0.1) is 11.3 Å². The Morgan fingerprint density at radius 1 is 1.22 bits per heavy atom. The van der Waals surface area contributed by atoms with Gasteiger partial charge in [-0.2, -0.15) is 0 Å². The van der Waals surface area contributed by atoms with Gasteiger partial charge < -0.3 is 10.6 Å². The molecule has 0 amide bonds. The molecule has 1 heterocycles. The SMILES string of the molecule is CC(NC(=S)Nc1ccccc1)c1ccc(Cl)s1. The van der Waals surface area contributed by atoms with Crippen molar-refractivity contribution in [2.24, 2.45) is 0 Å². The Labute approximate surface area is 121 Å². The first-order chi connectivity index (χ1) is 8.65. The van der Waals surface area contributed by atoms with Crippen LogP contribution in [-0.4, -0.2) is 5.11 Å². The molecule has 2 N–H and O–H groups in total. The fourth-order valence-electron chi connectivity index (χ4n) is 1.52. The molecule has 0 aliphatic rings. The number of thiophene rings is 1. The highest BCUT2D eigenvalue weighted by Crippen LogP contribution is 2.26. The summed E-state index contributed by atoms with van der Waals surface area (Å²) in [5.74, 6) is 0. The molecule has 0 spiro atoms. The Kier molecular flexibility index (Phi) is 4.58. The van der Waals surface area contributed by atoms with E-state index in [2.05, 4.69) is 17.6 Å². The third-order valence-corrected chi connectivity index (χ3v) is 4.03. The van der Waals surface area contributed by atoms with E-state index in [-0.39, 0.29) is 6.04 Å². The zero-order chi connectivity index (χ0) is 13.0. The van der Waals surface area contributed by atoms with Crippen LogP contribution in [0.3, 0.4) is 0 Å². The number of nitrogens with one attached hydrogen (secondary N) is 2. The van der Waals surface area contributed by atoms with Gasteiger partial charge in [0.2, 0.25) is 0 Å². The highest BCUT2D eigenvalue weighted by molar-refractivity contribution is 7.80. The Morgan fingerprint density at radius 3 is 2.56 bits per heavy atom. The molecule has 2 aromatic rings. The van der Waals surface area contributed by atoms with Crippen LogP contribution in [0, 0.1) is 0 Å². The average Bonchev–Trinajstić information content (AvgIpc) is 2.77. The van der Waals surface area contributed by atoms with Gasteiger partial charge in [-0.05, 0) is 43.4 Å². The highest BCUT2D eigenvalue weighted by Gasteiger charge is 2.09. The number of hydrogen-bond donors (Lipinski definition) is 2. The van der Waals surface area contributed by atoms with Gasteiger partial charge in [0.05, 0.1) is 10.4 Å². The van der Waals surface area contributed by atoms with Crippen LogP contribution in [0.1, 0.15) is 17.8 Å². The lowest BCUT2D eigenvalue weighted by Gasteiger charge is -2.15. The molecule has 1 unspecified atom stereocenters. The lowest BCUT2D eigenvalue weighted by molar-refractivity contribution is 0.737. The number of hydrogen-bond acceptors (Lipinski definition) is 2. The summed E-state index contributed by atoms with van der Waals surface area (Å²) in [5, 5.41) is 6.98. The fraction of sp³-hybridized carbons (Fsp3) is 0.154. The molecule has 1 aromatic heterocycles. The van der Waals surface area contributed by atoms with Crippen LogP contribution in [0.5, 0.6) is 0 Å². The van der Waals surface area contributed by atoms with Crippen LogP contribution in [0.4, 0.5) is 5.69 Å². The van der Waals surface area contributed by atoms with Crippen LogP contribution >= 0.6 is 35.2 Å². The van der Waals surface area contributed by atoms with E-state index in [1.54, 1.807) is 11.3 Å². The van der Waals surface area contributed by atoms with E-state index in [4.69, 9.17) is 23.8 Å². The molecule has 94 valence electrons. The van der Waals surface area contributed by atoms with E-state index in [1.165, 1.54) is 0 Å². The molecule has 1 atom stereocenters. The Bertz CT molecular complexity index is 525. The molecule has 2 rings (SSSR count). The maximum atomic E-state index is 5.91. The molecule has 0 aliphatic carbocycles. The Morgan fingerprint density at radius 2 is 1.94 bits per heavy atom. The van der Waals surface area contributed by atoms with Crippen molar-refractivity contribution in [2.75, 3.05) is 5.32 Å². The van der Waals surface area contributed by atoms with Gasteiger partial charge in [0.25, 0.3) is 0 Å². The lowest BCUT2D eigenvalue weighted by Crippen LogP contribution is -2.30. The summed E-state index contributed by atoms with van der Waals surface area (Å²) < 4.78 is 0.792. The van der Waals surface area contributed by atoms with Crippen LogP contribution in [-0.2, 0) is 0 Å². The zero-order valence-corrected chi connectivity index (χ0v) is 12.2. The summed E-state index contributed by atoms with van der Waals surface area (Å²) >= 11 is 12.7. The molecule has 0 aliphatic heterocycles. The minimum Gasteiger partial charge on any atom is -0.355 e. The van der Waals surface area contributed by atoms with Gasteiger partial charge in [-0.25, -0.2) is 0 Å². The van der Waals surface area contributed by atoms with Gasteiger partial charge in [0.1, 0.15) is 0 Å². The van der Waals surface area contributed by atoms with Crippen molar-refractivity contribution in [3.8, 4) is 0 Å². The second-order valence-electron chi connectivity index (χ2n) is 3.83. The number of thiocarbonyl (C=S) groups is 1. The van der Waals surface area contributed by atoms with E-state index in [9.17, 15) is 0 Å². The van der Waals surface area contributed by atoms with Crippen molar-refractivity contribution in [2.45, 2.75) is 13.0 Å². The molecule has 0 fully saturated rings. The molecule has 5 heteroatoms. The molecule has 2 nitrogen and oxygen atoms in total. The summed E-state index contributed by atoms with van der Waals surface area (Å²) in [6.45, 7) is 2.06. The Hall–Kier alpha value is -1.10. The summed E-state index contributed by atoms with van der Waals surface area (Å²) in [7, 11) is 0. The largest absolute Gasteiger partial charge is 0.355 e. The molecule has 1 aromatic carbocycles. The quantitative estimate of drug-likeness (QED) is 0.818. The third kappa shape index (κ3) is 3.70. The van der Waals surface area contributed by atoms with Gasteiger partial charge >= 0.3 is 0 Å². The van der Waals surface area contributed by atoms with Crippen LogP contribution < -0.4 is 10.6 Å². The predicted octanol–water partition coefficient (Wildman–Crippen LogP) is 4.45. The summed E-state index contributed by atoms with van der Waals surface area (Å²) in [6, 6.07) is 13.9. The minimum absolute atomic E-state index is 0.145. The van der Waals surface area contributed by atoms with Crippen molar-refractivity contribution in [3.05, 3.63) is 51.7 Å². The topological polar surface area (TPSA) is 24.1 Å². The lowest BCUT2D eigenvalue weighted by atomic mass is 10.3. The number of halogens is 1. The van der Waals surface area contributed by atoms with Gasteiger partial charge in [-0.3, -0.25) is 0 Å². The zero-order valence-electron chi connectivity index (χ0n) is 9.81. The highest BCUT2D eigenvalue weighted by atomic mass is 35.5. The monoisotopic (exact) mass is 296 g/mol. The molecular formula is C13H13ClN2S2. The van der Waals surface area contributed by atoms with Gasteiger partial charge in [0.15, 0.2) is 5.11 Å². The van der Waals surface area contributed by atoms with Crippen molar-refractivity contribution >= 4 is 46.0 Å². The summed E-state index contributed by atoms with van der Waals surface area (Å²) in [4.78, 5) is 1.16. The van der Waals surface area contributed by atoms with E-state index < -0.39 is 0 Å². The van der Waals surface area contributed by atoms with Crippen molar-refractivity contribution in [3.63, 3.8) is 0 Å². The second kappa shape index (κ2) is 6.18. The molecule has 0 saturated heterocycles. The number of anilines is 1.